The molecule has 82 valence electrons. The summed E-state index contributed by atoms with van der Waals surface area (Å²) >= 11 is 3.55. The molecule has 0 amide bonds. The molecule has 0 aliphatic carbocycles. The topological polar surface area (TPSA) is 107 Å². The van der Waals surface area contributed by atoms with Crippen molar-refractivity contribution < 1.29 is 30.0 Å². The maximum atomic E-state index is 10.6. The molecule has 1 heterocycles. The fourth-order valence-corrected chi connectivity index (χ4v) is 1.02. The Bertz CT molecular complexity index is 275. The highest BCUT2D eigenvalue weighted by Crippen LogP contribution is 2.29. The van der Waals surface area contributed by atoms with Gasteiger partial charge in [-0.05, 0) is 0 Å². The van der Waals surface area contributed by atoms with Crippen LogP contribution in [0.1, 0.15) is 0 Å². The normalized spacial score (nSPS) is 25.4. The number of ether oxygens (including phenoxy) is 1. The number of halogens is 1. The van der Waals surface area contributed by atoms with Crippen molar-refractivity contribution in [2.24, 2.45) is 0 Å². The van der Waals surface area contributed by atoms with Gasteiger partial charge in [-0.1, -0.05) is 0 Å². The van der Waals surface area contributed by atoms with Gasteiger partial charge < -0.3 is 25.2 Å². The number of cyclic esters (lactones) is 1. The standard InChI is InChI=1S/C6H8O6S.ClH/c7-1-6(11,13)4-2(8)3(9)5(10)12-4;/h4,7-9,11,13H,1H2;1H/t4-,6+;/m0./s1. The lowest BCUT2D eigenvalue weighted by molar-refractivity contribution is -0.149. The van der Waals surface area contributed by atoms with Crippen LogP contribution >= 0.6 is 25.0 Å². The van der Waals surface area contributed by atoms with E-state index in [0.29, 0.717) is 0 Å². The predicted molar refractivity (Wildman–Crippen MR) is 50.4 cm³/mol. The van der Waals surface area contributed by atoms with Gasteiger partial charge in [-0.2, -0.15) is 0 Å². The molecule has 0 radical (unpaired) electrons. The Labute approximate surface area is 90.6 Å². The smallest absolute Gasteiger partial charge is 0.378 e. The quantitative estimate of drug-likeness (QED) is 0.249. The van der Waals surface area contributed by atoms with E-state index < -0.39 is 35.1 Å². The van der Waals surface area contributed by atoms with Crippen LogP contribution in [0.3, 0.4) is 0 Å². The third kappa shape index (κ3) is 2.06. The summed E-state index contributed by atoms with van der Waals surface area (Å²) in [6, 6.07) is 0. The van der Waals surface area contributed by atoms with Crippen molar-refractivity contribution in [3.05, 3.63) is 11.5 Å². The molecule has 0 fully saturated rings. The summed E-state index contributed by atoms with van der Waals surface area (Å²) in [5, 5.41) is 35.8. The fourth-order valence-electron chi connectivity index (χ4n) is 0.844. The second-order valence-corrected chi connectivity index (χ2v) is 3.33. The Balaban J connectivity index is 0.00000169. The number of carbonyl (C=O) groups is 1. The monoisotopic (exact) mass is 244 g/mol. The van der Waals surface area contributed by atoms with Gasteiger partial charge in [0, 0.05) is 0 Å². The second-order valence-electron chi connectivity index (χ2n) is 2.56. The molecule has 2 atom stereocenters. The predicted octanol–water partition coefficient (Wildman–Crippen LogP) is -0.728. The first kappa shape index (κ1) is 13.4. The molecule has 1 rings (SSSR count). The van der Waals surface area contributed by atoms with Crippen molar-refractivity contribution in [3.63, 3.8) is 0 Å². The maximum absolute atomic E-state index is 10.6. The molecule has 1 aliphatic heterocycles. The number of hydrogen-bond donors (Lipinski definition) is 5. The summed E-state index contributed by atoms with van der Waals surface area (Å²) in [4.78, 5) is 8.53. The fraction of sp³-hybridized carbons (Fsp3) is 0.500. The van der Waals surface area contributed by atoms with E-state index in [1.807, 2.05) is 0 Å². The van der Waals surface area contributed by atoms with Crippen LogP contribution in [0.15, 0.2) is 11.5 Å². The van der Waals surface area contributed by atoms with Crippen LogP contribution in [0, 0.1) is 0 Å². The zero-order valence-corrected chi connectivity index (χ0v) is 8.46. The largest absolute Gasteiger partial charge is 0.505 e. The van der Waals surface area contributed by atoms with Gasteiger partial charge in [0.25, 0.3) is 0 Å². The molecule has 0 saturated carbocycles. The highest BCUT2D eigenvalue weighted by molar-refractivity contribution is 7.81. The third-order valence-electron chi connectivity index (χ3n) is 1.56. The van der Waals surface area contributed by atoms with Gasteiger partial charge in [-0.15, -0.1) is 25.0 Å². The minimum absolute atomic E-state index is 0. The van der Waals surface area contributed by atoms with Crippen molar-refractivity contribution >= 4 is 31.0 Å². The summed E-state index contributed by atoms with van der Waals surface area (Å²) in [7, 11) is 0. The van der Waals surface area contributed by atoms with Gasteiger partial charge in [-0.25, -0.2) is 4.79 Å². The zero-order valence-electron chi connectivity index (χ0n) is 6.75. The van der Waals surface area contributed by atoms with Crippen LogP contribution in [-0.4, -0.2) is 44.0 Å². The number of thiol groups is 1. The average Bonchev–Trinajstić information content (AvgIpc) is 2.33. The van der Waals surface area contributed by atoms with E-state index in [-0.39, 0.29) is 12.4 Å². The van der Waals surface area contributed by atoms with Crippen LogP contribution in [0.4, 0.5) is 0 Å². The SMILES string of the molecule is Cl.O=C1O[C@H]([C@](O)(S)CO)C(O)=C1O. The van der Waals surface area contributed by atoms with E-state index in [1.54, 1.807) is 0 Å². The van der Waals surface area contributed by atoms with E-state index in [9.17, 15) is 9.90 Å². The molecule has 8 heteroatoms. The molecular formula is C6H9ClO6S. The number of aliphatic hydroxyl groups excluding tert-OH is 3. The van der Waals surface area contributed by atoms with E-state index >= 15 is 0 Å². The van der Waals surface area contributed by atoms with Crippen molar-refractivity contribution in [2.75, 3.05) is 6.61 Å². The van der Waals surface area contributed by atoms with Gasteiger partial charge in [0.1, 0.15) is 0 Å². The number of rotatable bonds is 2. The minimum Gasteiger partial charge on any atom is -0.505 e. The van der Waals surface area contributed by atoms with E-state index in [0.717, 1.165) is 0 Å². The summed E-state index contributed by atoms with van der Waals surface area (Å²) in [5.74, 6) is -2.98. The Morgan fingerprint density at radius 2 is 2.00 bits per heavy atom. The first-order chi connectivity index (χ1) is 5.90. The van der Waals surface area contributed by atoms with Crippen LogP contribution < -0.4 is 0 Å². The van der Waals surface area contributed by atoms with E-state index in [4.69, 9.17) is 15.3 Å². The molecule has 6 nitrogen and oxygen atoms in total. The van der Waals surface area contributed by atoms with Crippen molar-refractivity contribution in [1.29, 1.82) is 0 Å². The molecule has 0 unspecified atom stereocenters. The van der Waals surface area contributed by atoms with Crippen LogP contribution in [-0.2, 0) is 9.53 Å². The molecular weight excluding hydrogens is 236 g/mol. The van der Waals surface area contributed by atoms with E-state index in [2.05, 4.69) is 17.4 Å². The van der Waals surface area contributed by atoms with Gasteiger partial charge in [-0.3, -0.25) is 0 Å². The lowest BCUT2D eigenvalue weighted by Crippen LogP contribution is -2.42. The van der Waals surface area contributed by atoms with Gasteiger partial charge in [0.05, 0.1) is 6.61 Å². The Morgan fingerprint density at radius 3 is 2.29 bits per heavy atom. The first-order valence-corrected chi connectivity index (χ1v) is 3.73. The van der Waals surface area contributed by atoms with Crippen molar-refractivity contribution in [2.45, 2.75) is 11.0 Å². The number of aliphatic hydroxyl groups is 4. The molecule has 0 aromatic rings. The minimum atomic E-state index is -2.11. The Hall–Kier alpha value is -0.630. The van der Waals surface area contributed by atoms with Gasteiger partial charge in [0.2, 0.25) is 11.9 Å². The molecule has 0 spiro atoms. The van der Waals surface area contributed by atoms with Crippen molar-refractivity contribution in [3.8, 4) is 0 Å². The van der Waals surface area contributed by atoms with Crippen LogP contribution in [0.25, 0.3) is 0 Å². The van der Waals surface area contributed by atoms with Crippen molar-refractivity contribution in [1.82, 2.24) is 0 Å². The summed E-state index contributed by atoms with van der Waals surface area (Å²) in [6.45, 7) is -0.842. The third-order valence-corrected chi connectivity index (χ3v) is 1.94. The molecule has 0 bridgehead atoms. The Morgan fingerprint density at radius 1 is 1.50 bits per heavy atom. The maximum Gasteiger partial charge on any atom is 0.378 e. The highest BCUT2D eigenvalue weighted by atomic mass is 35.5. The van der Waals surface area contributed by atoms with Crippen LogP contribution in [0.2, 0.25) is 0 Å². The molecule has 14 heavy (non-hydrogen) atoms. The molecule has 1 aliphatic rings. The average molecular weight is 245 g/mol. The number of carbonyl (C=O) groups excluding carboxylic acids is 1. The summed E-state index contributed by atoms with van der Waals surface area (Å²) < 4.78 is 4.34. The Kier molecular flexibility index (Phi) is 4.07. The van der Waals surface area contributed by atoms with E-state index in [1.165, 1.54) is 0 Å². The summed E-state index contributed by atoms with van der Waals surface area (Å²) in [6.07, 6.45) is -1.55. The number of hydrogen-bond acceptors (Lipinski definition) is 7. The number of esters is 1. The first-order valence-electron chi connectivity index (χ1n) is 3.29. The van der Waals surface area contributed by atoms with Gasteiger partial charge >= 0.3 is 5.97 Å². The molecule has 0 aromatic heterocycles. The summed E-state index contributed by atoms with van der Waals surface area (Å²) in [5.41, 5.74) is 0. The zero-order chi connectivity index (χ0) is 10.2. The van der Waals surface area contributed by atoms with Gasteiger partial charge in [0.15, 0.2) is 10.7 Å². The lowest BCUT2D eigenvalue weighted by Gasteiger charge is -2.24. The molecule has 0 aromatic carbocycles. The molecule has 4 N–H and O–H groups in total. The lowest BCUT2D eigenvalue weighted by atomic mass is 10.2. The molecule has 0 saturated heterocycles. The van der Waals surface area contributed by atoms with Crippen LogP contribution in [0.5, 0.6) is 0 Å². The highest BCUT2D eigenvalue weighted by Gasteiger charge is 2.46. The second kappa shape index (κ2) is 4.26.